The van der Waals surface area contributed by atoms with Crippen LogP contribution in [-0.4, -0.2) is 0 Å². The Kier molecular flexibility index (Phi) is 3.02. The van der Waals surface area contributed by atoms with Gasteiger partial charge in [0.2, 0.25) is 0 Å². The van der Waals surface area contributed by atoms with Crippen LogP contribution >= 0.6 is 11.6 Å². The molecule has 0 aromatic heterocycles. The Balaban J connectivity index is 3.31. The van der Waals surface area contributed by atoms with Crippen molar-refractivity contribution in [1.82, 2.24) is 0 Å². The van der Waals surface area contributed by atoms with E-state index in [0.717, 1.165) is 6.07 Å². The first-order valence-corrected chi connectivity index (χ1v) is 4.18. The number of rotatable bonds is 1. The lowest BCUT2D eigenvalue weighted by Crippen LogP contribution is -2.08. The number of hydrogen-bond acceptors (Lipinski definition) is 1. The predicted octanol–water partition coefficient (Wildman–Crippen LogP) is 3.32. The smallest absolute Gasteiger partial charge is 0.192 e. The third kappa shape index (κ3) is 2.18. The van der Waals surface area contributed by atoms with E-state index in [4.69, 9.17) is 16.9 Å². The average molecular weight is 220 g/mol. The van der Waals surface area contributed by atoms with Crippen molar-refractivity contribution in [3.05, 3.63) is 34.9 Å². The third-order valence-corrected chi connectivity index (χ3v) is 1.98. The molecule has 0 fully saturated rings. The van der Waals surface area contributed by atoms with Gasteiger partial charge in [0.05, 0.1) is 17.2 Å². The van der Waals surface area contributed by atoms with Crippen LogP contribution in [0, 0.1) is 11.3 Å². The maximum Gasteiger partial charge on any atom is 0.416 e. The van der Waals surface area contributed by atoms with Crippen LogP contribution in [0.5, 0.6) is 0 Å². The molecule has 0 heterocycles. The molecule has 1 nitrogen and oxygen atoms in total. The maximum absolute atomic E-state index is 12.4. The monoisotopic (exact) mass is 219 g/mol. The van der Waals surface area contributed by atoms with Gasteiger partial charge in [-0.2, -0.15) is 18.4 Å². The zero-order chi connectivity index (χ0) is 10.8. The molecule has 0 spiro atoms. The Morgan fingerprint density at radius 3 is 2.43 bits per heavy atom. The highest BCUT2D eigenvalue weighted by Crippen LogP contribution is 2.33. The van der Waals surface area contributed by atoms with Crippen LogP contribution in [0.15, 0.2) is 18.2 Å². The number of halogens is 4. The van der Waals surface area contributed by atoms with Crippen molar-refractivity contribution in [2.45, 2.75) is 12.1 Å². The van der Waals surface area contributed by atoms with Gasteiger partial charge >= 0.3 is 6.18 Å². The van der Waals surface area contributed by atoms with Gasteiger partial charge in [0.15, 0.2) is 0 Å². The molecular formula is C9H5ClF3N. The number of hydrogen-bond donors (Lipinski definition) is 0. The fraction of sp³-hybridized carbons (Fsp3) is 0.222. The molecule has 0 amide bonds. The zero-order valence-electron chi connectivity index (χ0n) is 6.90. The molecule has 74 valence electrons. The highest BCUT2D eigenvalue weighted by atomic mass is 35.5. The maximum atomic E-state index is 12.4. The molecule has 0 aliphatic carbocycles. The quantitative estimate of drug-likeness (QED) is 0.665. The summed E-state index contributed by atoms with van der Waals surface area (Å²) < 4.78 is 37.2. The van der Waals surface area contributed by atoms with Crippen molar-refractivity contribution >= 4 is 11.6 Å². The second kappa shape index (κ2) is 3.89. The van der Waals surface area contributed by atoms with Gasteiger partial charge in [0, 0.05) is 5.88 Å². The summed E-state index contributed by atoms with van der Waals surface area (Å²) in [7, 11) is 0. The lowest BCUT2D eigenvalue weighted by molar-refractivity contribution is -0.138. The van der Waals surface area contributed by atoms with Gasteiger partial charge in [-0.3, -0.25) is 0 Å². The van der Waals surface area contributed by atoms with Gasteiger partial charge in [-0.1, -0.05) is 6.07 Å². The van der Waals surface area contributed by atoms with Crippen molar-refractivity contribution in [2.24, 2.45) is 0 Å². The average Bonchev–Trinajstić information content (AvgIpc) is 2.15. The van der Waals surface area contributed by atoms with E-state index < -0.39 is 11.7 Å². The number of benzene rings is 1. The van der Waals surface area contributed by atoms with Gasteiger partial charge < -0.3 is 0 Å². The SMILES string of the molecule is N#Cc1ccc(CCl)c(C(F)(F)F)c1. The molecular weight excluding hydrogens is 215 g/mol. The second-order valence-corrected chi connectivity index (χ2v) is 2.88. The van der Waals surface area contributed by atoms with Crippen LogP contribution in [0.25, 0.3) is 0 Å². The standard InChI is InChI=1S/C9H5ClF3N/c10-4-7-2-1-6(5-14)3-8(7)9(11,12)13/h1-3H,4H2. The second-order valence-electron chi connectivity index (χ2n) is 2.62. The summed E-state index contributed by atoms with van der Waals surface area (Å²) in [6, 6.07) is 4.98. The van der Waals surface area contributed by atoms with Crippen molar-refractivity contribution < 1.29 is 13.2 Å². The molecule has 0 unspecified atom stereocenters. The Morgan fingerprint density at radius 1 is 1.36 bits per heavy atom. The predicted molar refractivity (Wildman–Crippen MR) is 45.7 cm³/mol. The summed E-state index contributed by atoms with van der Waals surface area (Å²) in [5, 5.41) is 8.44. The van der Waals surface area contributed by atoms with E-state index in [1.165, 1.54) is 12.1 Å². The van der Waals surface area contributed by atoms with Crippen LogP contribution in [-0.2, 0) is 12.1 Å². The van der Waals surface area contributed by atoms with Gasteiger partial charge in [-0.05, 0) is 17.7 Å². The summed E-state index contributed by atoms with van der Waals surface area (Å²) in [4.78, 5) is 0. The Labute approximate surface area is 83.7 Å². The van der Waals surface area contributed by atoms with Crippen LogP contribution in [0.4, 0.5) is 13.2 Å². The summed E-state index contributed by atoms with van der Waals surface area (Å²) in [5.74, 6) is -0.222. The largest absolute Gasteiger partial charge is 0.416 e. The van der Waals surface area contributed by atoms with E-state index in [9.17, 15) is 13.2 Å². The molecule has 0 atom stereocenters. The van der Waals surface area contributed by atoms with Crippen molar-refractivity contribution in [1.29, 1.82) is 5.26 Å². The van der Waals surface area contributed by atoms with Crippen LogP contribution < -0.4 is 0 Å². The number of alkyl halides is 4. The minimum Gasteiger partial charge on any atom is -0.192 e. The highest BCUT2D eigenvalue weighted by molar-refractivity contribution is 6.17. The van der Waals surface area contributed by atoms with Crippen molar-refractivity contribution in [3.63, 3.8) is 0 Å². The molecule has 0 N–H and O–H groups in total. The first-order valence-electron chi connectivity index (χ1n) is 3.65. The summed E-state index contributed by atoms with van der Waals surface area (Å²) >= 11 is 5.35. The zero-order valence-corrected chi connectivity index (χ0v) is 7.65. The molecule has 0 aliphatic heterocycles. The minimum atomic E-state index is -4.46. The fourth-order valence-electron chi connectivity index (χ4n) is 1.03. The molecule has 0 saturated heterocycles. The van der Waals surface area contributed by atoms with E-state index in [2.05, 4.69) is 0 Å². The van der Waals surface area contributed by atoms with E-state index >= 15 is 0 Å². The van der Waals surface area contributed by atoms with Crippen molar-refractivity contribution in [3.8, 4) is 6.07 Å². The van der Waals surface area contributed by atoms with Gasteiger partial charge in [0.1, 0.15) is 0 Å². The fourth-order valence-corrected chi connectivity index (χ4v) is 1.26. The molecule has 14 heavy (non-hydrogen) atoms. The van der Waals surface area contributed by atoms with E-state index in [1.807, 2.05) is 0 Å². The van der Waals surface area contributed by atoms with Gasteiger partial charge in [-0.25, -0.2) is 0 Å². The van der Waals surface area contributed by atoms with E-state index in [0.29, 0.717) is 0 Å². The van der Waals surface area contributed by atoms with Gasteiger partial charge in [-0.15, -0.1) is 11.6 Å². The lowest BCUT2D eigenvalue weighted by Gasteiger charge is -2.10. The normalized spacial score (nSPS) is 11.1. The molecule has 1 aromatic carbocycles. The highest BCUT2D eigenvalue weighted by Gasteiger charge is 2.33. The molecule has 1 rings (SSSR count). The molecule has 0 saturated carbocycles. The first-order chi connectivity index (χ1) is 6.49. The minimum absolute atomic E-state index is 0.0156. The van der Waals surface area contributed by atoms with Crippen molar-refractivity contribution in [2.75, 3.05) is 0 Å². The Morgan fingerprint density at radius 2 is 2.00 bits per heavy atom. The number of nitriles is 1. The topological polar surface area (TPSA) is 23.8 Å². The van der Waals surface area contributed by atoms with E-state index in [1.54, 1.807) is 6.07 Å². The summed E-state index contributed by atoms with van der Waals surface area (Å²) in [5.41, 5.74) is -0.879. The van der Waals surface area contributed by atoms with Crippen LogP contribution in [0.1, 0.15) is 16.7 Å². The van der Waals surface area contributed by atoms with Crippen LogP contribution in [0.2, 0.25) is 0 Å². The lowest BCUT2D eigenvalue weighted by atomic mass is 10.1. The third-order valence-electron chi connectivity index (χ3n) is 1.69. The molecule has 0 bridgehead atoms. The Hall–Kier alpha value is -1.21. The molecule has 0 aliphatic rings. The molecule has 5 heteroatoms. The first kappa shape index (κ1) is 10.9. The van der Waals surface area contributed by atoms with Crippen LogP contribution in [0.3, 0.4) is 0 Å². The molecule has 0 radical (unpaired) electrons. The Bertz CT molecular complexity index is 379. The summed E-state index contributed by atoms with van der Waals surface area (Å²) in [6.45, 7) is 0. The van der Waals surface area contributed by atoms with E-state index in [-0.39, 0.29) is 17.0 Å². The molecule has 1 aromatic rings. The van der Waals surface area contributed by atoms with Gasteiger partial charge in [0.25, 0.3) is 0 Å². The summed E-state index contributed by atoms with van der Waals surface area (Å²) in [6.07, 6.45) is -4.46. The number of nitrogens with zero attached hydrogens (tertiary/aromatic N) is 1.